The van der Waals surface area contributed by atoms with E-state index in [1.807, 2.05) is 20.8 Å². The molecule has 0 aliphatic heterocycles. The van der Waals surface area contributed by atoms with Crippen LogP contribution in [0.25, 0.3) is 11.1 Å². The van der Waals surface area contributed by atoms with E-state index in [4.69, 9.17) is 21.1 Å². The summed E-state index contributed by atoms with van der Waals surface area (Å²) in [6.45, 7) is 10.3. The Kier molecular flexibility index (Phi) is 11.9. The van der Waals surface area contributed by atoms with Gasteiger partial charge in [-0.3, -0.25) is 4.79 Å². The van der Waals surface area contributed by atoms with Crippen LogP contribution in [0.15, 0.2) is 48.5 Å². The number of carbonyl (C=O) groups excluding carboxylic acids is 1. The summed E-state index contributed by atoms with van der Waals surface area (Å²) in [6, 6.07) is 19.4. The van der Waals surface area contributed by atoms with Gasteiger partial charge >= 0.3 is 5.97 Å². The predicted octanol–water partition coefficient (Wildman–Crippen LogP) is 9.99. The summed E-state index contributed by atoms with van der Waals surface area (Å²) >= 11 is 6.72. The molecule has 0 saturated heterocycles. The first-order valence-corrected chi connectivity index (χ1v) is 15.7. The van der Waals surface area contributed by atoms with Crippen molar-refractivity contribution in [3.05, 3.63) is 54.1 Å². The highest BCUT2D eigenvalue weighted by Crippen LogP contribution is 2.42. The summed E-state index contributed by atoms with van der Waals surface area (Å²) < 4.78 is 12.0. The van der Waals surface area contributed by atoms with Crippen molar-refractivity contribution < 1.29 is 14.3 Å². The quantitative estimate of drug-likeness (QED) is 0.130. The van der Waals surface area contributed by atoms with E-state index in [2.05, 4.69) is 68.4 Å². The number of esters is 1. The molecule has 1 fully saturated rings. The van der Waals surface area contributed by atoms with Gasteiger partial charge in [-0.05, 0) is 79.7 Å². The van der Waals surface area contributed by atoms with Gasteiger partial charge in [0.1, 0.15) is 16.7 Å². The Balaban J connectivity index is 1.56. The Morgan fingerprint density at radius 1 is 0.975 bits per heavy atom. The first-order chi connectivity index (χ1) is 19.2. The monoisotopic (exact) mass is 565 g/mol. The Morgan fingerprint density at radius 3 is 2.10 bits per heavy atom. The lowest BCUT2D eigenvalue weighted by Crippen LogP contribution is -2.46. The van der Waals surface area contributed by atoms with Crippen molar-refractivity contribution in [2.45, 2.75) is 128 Å². The minimum absolute atomic E-state index is 0.0696. The molecule has 218 valence electrons. The molecule has 40 heavy (non-hydrogen) atoms. The van der Waals surface area contributed by atoms with Gasteiger partial charge in [0.05, 0.1) is 6.10 Å². The third kappa shape index (κ3) is 8.26. The first kappa shape index (κ1) is 32.0. The summed E-state index contributed by atoms with van der Waals surface area (Å²) in [5.41, 5.74) is 2.50. The van der Waals surface area contributed by atoms with E-state index in [-0.39, 0.29) is 12.0 Å². The molecule has 0 amide bonds. The van der Waals surface area contributed by atoms with Crippen molar-refractivity contribution in [2.24, 2.45) is 5.92 Å². The van der Waals surface area contributed by atoms with E-state index >= 15 is 0 Å². The molecule has 0 spiro atoms. The van der Waals surface area contributed by atoms with Crippen LogP contribution in [0.1, 0.15) is 117 Å². The third-order valence-corrected chi connectivity index (χ3v) is 9.30. The highest BCUT2D eigenvalue weighted by Gasteiger charge is 2.46. The number of nitriles is 1. The number of carbonyl (C=O) groups is 1. The molecule has 1 unspecified atom stereocenters. The molecule has 0 bridgehead atoms. The molecule has 2 aromatic carbocycles. The minimum Gasteiger partial charge on any atom is -0.491 e. The second-order valence-electron chi connectivity index (χ2n) is 12.0. The predicted molar refractivity (Wildman–Crippen MR) is 165 cm³/mol. The van der Waals surface area contributed by atoms with Crippen LogP contribution in [0.5, 0.6) is 5.75 Å². The van der Waals surface area contributed by atoms with Crippen LogP contribution in [-0.2, 0) is 9.53 Å². The Labute approximate surface area is 247 Å². The molecule has 1 saturated carbocycles. The van der Waals surface area contributed by atoms with Crippen molar-refractivity contribution in [3.63, 3.8) is 0 Å². The Hall–Kier alpha value is -2.51. The lowest BCUT2D eigenvalue weighted by molar-refractivity contribution is -0.162. The molecule has 2 atom stereocenters. The summed E-state index contributed by atoms with van der Waals surface area (Å²) in [4.78, 5) is 12.0. The number of alkyl halides is 1. The van der Waals surface area contributed by atoms with Crippen molar-refractivity contribution in [2.75, 3.05) is 0 Å². The molecule has 0 N–H and O–H groups in total. The maximum atomic E-state index is 13.1. The zero-order valence-corrected chi connectivity index (χ0v) is 25.9. The van der Waals surface area contributed by atoms with Crippen LogP contribution in [0.4, 0.5) is 0 Å². The topological polar surface area (TPSA) is 59.3 Å². The fourth-order valence-corrected chi connectivity index (χ4v) is 5.96. The van der Waals surface area contributed by atoms with Gasteiger partial charge in [0.15, 0.2) is 5.60 Å². The average Bonchev–Trinajstić information content (AvgIpc) is 2.96. The molecule has 4 nitrogen and oxygen atoms in total. The molecular weight excluding hydrogens is 518 g/mol. The number of ether oxygens (including phenoxy) is 2. The fourth-order valence-electron chi connectivity index (χ4n) is 5.73. The molecule has 0 radical (unpaired) electrons. The van der Waals surface area contributed by atoms with Crippen molar-refractivity contribution in [3.8, 4) is 22.9 Å². The lowest BCUT2D eigenvalue weighted by Gasteiger charge is -2.38. The van der Waals surface area contributed by atoms with Crippen LogP contribution >= 0.6 is 11.6 Å². The number of unbranched alkanes of at least 4 members (excludes halogenated alkanes) is 3. The molecule has 0 heterocycles. The van der Waals surface area contributed by atoms with Crippen LogP contribution in [-0.4, -0.2) is 22.5 Å². The van der Waals surface area contributed by atoms with Gasteiger partial charge in [-0.1, -0.05) is 89.8 Å². The fraction of sp³-hybridized carbons (Fsp3) is 0.600. The molecule has 2 aromatic rings. The van der Waals surface area contributed by atoms with Gasteiger partial charge < -0.3 is 9.47 Å². The van der Waals surface area contributed by atoms with E-state index in [0.717, 1.165) is 37.0 Å². The number of nitrogens with zero attached hydrogens (tertiary/aromatic N) is 1. The lowest BCUT2D eigenvalue weighted by atomic mass is 9.76. The maximum absolute atomic E-state index is 13.1. The second-order valence-corrected chi connectivity index (χ2v) is 12.6. The Bertz CT molecular complexity index is 1100. The minimum atomic E-state index is -1.09. The van der Waals surface area contributed by atoms with Gasteiger partial charge in [0.2, 0.25) is 0 Å². The summed E-state index contributed by atoms with van der Waals surface area (Å²) in [5.74, 6) is 0.736. The van der Waals surface area contributed by atoms with E-state index in [9.17, 15) is 10.1 Å². The Morgan fingerprint density at radius 2 is 1.57 bits per heavy atom. The van der Waals surface area contributed by atoms with Crippen LogP contribution in [0.2, 0.25) is 0 Å². The summed E-state index contributed by atoms with van der Waals surface area (Å²) in [6.07, 6.45) is 10.3. The van der Waals surface area contributed by atoms with Crippen molar-refractivity contribution >= 4 is 17.6 Å². The summed E-state index contributed by atoms with van der Waals surface area (Å²) in [7, 11) is 0. The largest absolute Gasteiger partial charge is 0.491 e. The first-order valence-electron chi connectivity index (χ1n) is 15.4. The SMILES string of the molecule is CCCCCC[C@@H](C)Oc1ccc(-c2ccc(C3CCC(C#N)(OC(=O)C(Cl)(CCC)C(C)C)CC3)cc2)cc1. The van der Waals surface area contributed by atoms with Gasteiger partial charge in [-0.2, -0.15) is 5.26 Å². The van der Waals surface area contributed by atoms with Gasteiger partial charge in [0.25, 0.3) is 0 Å². The van der Waals surface area contributed by atoms with Crippen LogP contribution in [0.3, 0.4) is 0 Å². The molecule has 1 aliphatic rings. The van der Waals surface area contributed by atoms with Gasteiger partial charge in [-0.15, -0.1) is 11.6 Å². The highest BCUT2D eigenvalue weighted by atomic mass is 35.5. The number of hydrogen-bond donors (Lipinski definition) is 0. The smallest absolute Gasteiger partial charge is 0.329 e. The average molecular weight is 566 g/mol. The highest BCUT2D eigenvalue weighted by molar-refractivity contribution is 6.34. The second kappa shape index (κ2) is 14.9. The number of halogens is 1. The zero-order chi connectivity index (χ0) is 29.2. The zero-order valence-electron chi connectivity index (χ0n) is 25.2. The summed E-state index contributed by atoms with van der Waals surface area (Å²) in [5, 5.41) is 9.99. The molecular formula is C35H48ClNO3. The number of hydrogen-bond acceptors (Lipinski definition) is 4. The third-order valence-electron chi connectivity index (χ3n) is 8.52. The maximum Gasteiger partial charge on any atom is 0.329 e. The van der Waals surface area contributed by atoms with Gasteiger partial charge in [-0.25, -0.2) is 0 Å². The number of benzene rings is 2. The van der Waals surface area contributed by atoms with E-state index in [0.29, 0.717) is 25.2 Å². The standard InChI is InChI=1S/C35H48ClNO3/c1-6-8-9-10-11-27(5)39-32-18-16-30(17-19-32)28-12-14-29(15-13-28)31-20-23-34(25-37,24-21-31)40-33(38)35(36,22-7-2)26(3)4/h12-19,26-27,31H,6-11,20-24H2,1-5H3/t27-,31?,34?,35?/m1/s1. The molecule has 3 rings (SSSR count). The normalized spacial score (nSPS) is 21.3. The number of rotatable bonds is 14. The van der Waals surface area contributed by atoms with Crippen LogP contribution < -0.4 is 4.74 Å². The van der Waals surface area contributed by atoms with E-state index < -0.39 is 16.4 Å². The van der Waals surface area contributed by atoms with E-state index in [1.54, 1.807) is 0 Å². The van der Waals surface area contributed by atoms with Gasteiger partial charge in [0, 0.05) is 12.8 Å². The van der Waals surface area contributed by atoms with E-state index in [1.165, 1.54) is 36.8 Å². The molecule has 5 heteroatoms. The molecule has 1 aliphatic carbocycles. The van der Waals surface area contributed by atoms with Crippen molar-refractivity contribution in [1.29, 1.82) is 5.26 Å². The van der Waals surface area contributed by atoms with Crippen molar-refractivity contribution in [1.82, 2.24) is 0 Å². The molecule has 0 aromatic heterocycles. The van der Waals surface area contributed by atoms with Crippen LogP contribution in [0, 0.1) is 17.2 Å².